The van der Waals surface area contributed by atoms with E-state index in [-0.39, 0.29) is 11.8 Å². The average Bonchev–Trinajstić information content (AvgIpc) is 3.20. The smallest absolute Gasteiger partial charge is 0.233 e. The first kappa shape index (κ1) is 14.3. The first-order valence-electron chi connectivity index (χ1n) is 8.25. The van der Waals surface area contributed by atoms with Gasteiger partial charge in [-0.1, -0.05) is 18.2 Å². The number of hydrogen-bond donors (Lipinski definition) is 1. The van der Waals surface area contributed by atoms with Crippen LogP contribution in [0.2, 0.25) is 0 Å². The first-order valence-corrected chi connectivity index (χ1v) is 8.25. The lowest BCUT2D eigenvalue weighted by Crippen LogP contribution is -2.42. The van der Waals surface area contributed by atoms with Gasteiger partial charge in [0.05, 0.1) is 5.69 Å². The van der Waals surface area contributed by atoms with Gasteiger partial charge in [-0.25, -0.2) is 0 Å². The summed E-state index contributed by atoms with van der Waals surface area (Å²) in [5, 5.41) is 7.38. The molecule has 1 fully saturated rings. The van der Waals surface area contributed by atoms with Crippen LogP contribution in [0.25, 0.3) is 0 Å². The molecule has 0 radical (unpaired) electrons. The monoisotopic (exact) mass is 311 g/mol. The molecule has 2 atom stereocenters. The standard InChI is InChI=1S/C18H21N3O2/c1-12-9-16(20-19-12)13-5-4-8-21(10-13)18(22)15-11-23-17-7-3-2-6-14(15)17/h2-3,6-7,9,13,15H,4-5,8,10-11H2,1H3,(H,19,20)/t13-,15-/m1/s1. The van der Waals surface area contributed by atoms with Crippen LogP contribution in [0.15, 0.2) is 30.3 Å². The molecule has 0 unspecified atom stereocenters. The summed E-state index contributed by atoms with van der Waals surface area (Å²) in [6, 6.07) is 9.95. The number of aryl methyl sites for hydroxylation is 1. The predicted molar refractivity (Wildman–Crippen MR) is 86.6 cm³/mol. The van der Waals surface area contributed by atoms with Crippen molar-refractivity contribution in [3.05, 3.63) is 47.3 Å². The number of benzene rings is 1. The molecule has 4 rings (SSSR count). The molecular formula is C18H21N3O2. The van der Waals surface area contributed by atoms with Crippen molar-refractivity contribution in [3.8, 4) is 5.75 Å². The Balaban J connectivity index is 1.51. The maximum atomic E-state index is 13.0. The number of carbonyl (C=O) groups is 1. The van der Waals surface area contributed by atoms with Crippen molar-refractivity contribution < 1.29 is 9.53 Å². The van der Waals surface area contributed by atoms with Gasteiger partial charge in [0.1, 0.15) is 18.3 Å². The normalized spacial score (nSPS) is 23.4. The Kier molecular flexibility index (Phi) is 3.56. The topological polar surface area (TPSA) is 58.2 Å². The second-order valence-electron chi connectivity index (χ2n) is 6.50. The van der Waals surface area contributed by atoms with Crippen LogP contribution in [0.3, 0.4) is 0 Å². The summed E-state index contributed by atoms with van der Waals surface area (Å²) in [6.07, 6.45) is 2.11. The van der Waals surface area contributed by atoms with Crippen molar-refractivity contribution in [1.29, 1.82) is 0 Å². The van der Waals surface area contributed by atoms with Gasteiger partial charge in [-0.05, 0) is 31.9 Å². The van der Waals surface area contributed by atoms with Gasteiger partial charge in [-0.15, -0.1) is 0 Å². The number of hydrogen-bond acceptors (Lipinski definition) is 3. The van der Waals surface area contributed by atoms with Crippen molar-refractivity contribution in [1.82, 2.24) is 15.1 Å². The molecule has 1 aromatic carbocycles. The van der Waals surface area contributed by atoms with Gasteiger partial charge < -0.3 is 9.64 Å². The predicted octanol–water partition coefficient (Wildman–Crippen LogP) is 2.60. The molecule has 5 heteroatoms. The Labute approximate surface area is 135 Å². The Hall–Kier alpha value is -2.30. The van der Waals surface area contributed by atoms with Crippen molar-refractivity contribution >= 4 is 5.91 Å². The number of piperidine rings is 1. The maximum Gasteiger partial charge on any atom is 0.233 e. The largest absolute Gasteiger partial charge is 0.492 e. The van der Waals surface area contributed by atoms with Crippen LogP contribution >= 0.6 is 0 Å². The molecular weight excluding hydrogens is 290 g/mol. The van der Waals surface area contributed by atoms with E-state index in [4.69, 9.17) is 4.74 Å². The minimum atomic E-state index is -0.161. The summed E-state index contributed by atoms with van der Waals surface area (Å²) in [7, 11) is 0. The number of ether oxygens (including phenoxy) is 1. The quantitative estimate of drug-likeness (QED) is 0.927. The van der Waals surface area contributed by atoms with Crippen LogP contribution in [-0.2, 0) is 4.79 Å². The van der Waals surface area contributed by atoms with Crippen LogP contribution in [0.4, 0.5) is 0 Å². The van der Waals surface area contributed by atoms with E-state index in [0.717, 1.165) is 48.6 Å². The van der Waals surface area contributed by atoms with Gasteiger partial charge in [-0.3, -0.25) is 9.89 Å². The molecule has 1 saturated heterocycles. The van der Waals surface area contributed by atoms with Crippen LogP contribution in [-0.4, -0.2) is 40.7 Å². The number of para-hydroxylation sites is 1. The Morgan fingerprint density at radius 1 is 1.39 bits per heavy atom. The van der Waals surface area contributed by atoms with Gasteiger partial charge in [0.15, 0.2) is 0 Å². The molecule has 0 spiro atoms. The van der Waals surface area contributed by atoms with Gasteiger partial charge in [0.2, 0.25) is 5.91 Å². The lowest BCUT2D eigenvalue weighted by Gasteiger charge is -2.33. The summed E-state index contributed by atoms with van der Waals surface area (Å²) in [4.78, 5) is 15.0. The molecule has 1 amide bonds. The number of aromatic amines is 1. The highest BCUT2D eigenvalue weighted by Crippen LogP contribution is 2.36. The highest BCUT2D eigenvalue weighted by molar-refractivity contribution is 5.85. The zero-order valence-electron chi connectivity index (χ0n) is 13.3. The fraction of sp³-hybridized carbons (Fsp3) is 0.444. The molecule has 23 heavy (non-hydrogen) atoms. The third-order valence-corrected chi connectivity index (χ3v) is 4.88. The summed E-state index contributed by atoms with van der Waals surface area (Å²) in [5.74, 6) is 1.20. The summed E-state index contributed by atoms with van der Waals surface area (Å²) >= 11 is 0. The van der Waals surface area contributed by atoms with E-state index in [1.165, 1.54) is 0 Å². The Morgan fingerprint density at radius 2 is 2.26 bits per heavy atom. The third-order valence-electron chi connectivity index (χ3n) is 4.88. The molecule has 1 aromatic heterocycles. The fourth-order valence-electron chi connectivity index (χ4n) is 3.65. The molecule has 2 aliphatic heterocycles. The second-order valence-corrected chi connectivity index (χ2v) is 6.50. The molecule has 0 bridgehead atoms. The molecule has 1 N–H and O–H groups in total. The SMILES string of the molecule is Cc1cc([C@@H]2CCCN(C(=O)[C@@H]3COc4ccccc43)C2)n[nH]1. The van der Waals surface area contributed by atoms with Crippen molar-refractivity contribution in [2.24, 2.45) is 0 Å². The Morgan fingerprint density at radius 3 is 3.09 bits per heavy atom. The Bertz CT molecular complexity index is 725. The third kappa shape index (κ3) is 2.60. The molecule has 0 aliphatic carbocycles. The lowest BCUT2D eigenvalue weighted by molar-refractivity contribution is -0.134. The first-order chi connectivity index (χ1) is 11.2. The molecule has 0 saturated carbocycles. The number of nitrogens with zero attached hydrogens (tertiary/aromatic N) is 2. The van der Waals surface area contributed by atoms with E-state index in [9.17, 15) is 4.79 Å². The van der Waals surface area contributed by atoms with E-state index in [0.29, 0.717) is 12.5 Å². The minimum Gasteiger partial charge on any atom is -0.492 e. The van der Waals surface area contributed by atoms with E-state index in [1.807, 2.05) is 36.1 Å². The number of likely N-dealkylation sites (tertiary alicyclic amines) is 1. The fourth-order valence-corrected chi connectivity index (χ4v) is 3.65. The number of nitrogens with one attached hydrogen (secondary N) is 1. The van der Waals surface area contributed by atoms with Gasteiger partial charge in [-0.2, -0.15) is 5.10 Å². The van der Waals surface area contributed by atoms with Crippen molar-refractivity contribution in [3.63, 3.8) is 0 Å². The summed E-state index contributed by atoms with van der Waals surface area (Å²) in [6.45, 7) is 4.05. The van der Waals surface area contributed by atoms with Crippen molar-refractivity contribution in [2.75, 3.05) is 19.7 Å². The number of amides is 1. The minimum absolute atomic E-state index is 0.161. The van der Waals surface area contributed by atoms with Crippen molar-refractivity contribution in [2.45, 2.75) is 31.6 Å². The van der Waals surface area contributed by atoms with Gasteiger partial charge >= 0.3 is 0 Å². The molecule has 3 heterocycles. The molecule has 5 nitrogen and oxygen atoms in total. The lowest BCUT2D eigenvalue weighted by atomic mass is 9.92. The average molecular weight is 311 g/mol. The zero-order valence-corrected chi connectivity index (χ0v) is 13.3. The maximum absolute atomic E-state index is 13.0. The van der Waals surface area contributed by atoms with E-state index in [2.05, 4.69) is 16.3 Å². The van der Waals surface area contributed by atoms with E-state index in [1.54, 1.807) is 0 Å². The van der Waals surface area contributed by atoms with E-state index >= 15 is 0 Å². The highest BCUT2D eigenvalue weighted by atomic mass is 16.5. The van der Waals surface area contributed by atoms with Gasteiger partial charge in [0.25, 0.3) is 0 Å². The van der Waals surface area contributed by atoms with Crippen LogP contribution in [0, 0.1) is 6.92 Å². The van der Waals surface area contributed by atoms with Crippen LogP contribution in [0.1, 0.15) is 41.6 Å². The molecule has 2 aromatic rings. The number of carbonyl (C=O) groups excluding carboxylic acids is 1. The number of H-pyrrole nitrogens is 1. The number of rotatable bonds is 2. The summed E-state index contributed by atoms with van der Waals surface area (Å²) in [5.41, 5.74) is 3.17. The molecule has 120 valence electrons. The number of fused-ring (bicyclic) bond motifs is 1. The van der Waals surface area contributed by atoms with Gasteiger partial charge in [0, 0.05) is 30.3 Å². The second kappa shape index (κ2) is 5.72. The molecule has 2 aliphatic rings. The van der Waals surface area contributed by atoms with Crippen LogP contribution in [0.5, 0.6) is 5.75 Å². The highest BCUT2D eigenvalue weighted by Gasteiger charge is 2.35. The van der Waals surface area contributed by atoms with Crippen LogP contribution < -0.4 is 4.74 Å². The van der Waals surface area contributed by atoms with E-state index < -0.39 is 0 Å². The summed E-state index contributed by atoms with van der Waals surface area (Å²) < 4.78 is 5.67. The zero-order chi connectivity index (χ0) is 15.8. The number of aromatic nitrogens is 2.